The number of aromatic nitrogens is 1. The first-order chi connectivity index (χ1) is 30.1. The average Bonchev–Trinajstić information content (AvgIpc) is 4.12. The first-order valence-electron chi connectivity index (χ1n) is 23.0. The van der Waals surface area contributed by atoms with E-state index in [1.807, 2.05) is 51.1 Å². The van der Waals surface area contributed by atoms with Crippen LogP contribution in [0.1, 0.15) is 104 Å². The number of alkyl carbamates (subject to hydrolysis) is 1. The van der Waals surface area contributed by atoms with Crippen LogP contribution in [-0.4, -0.2) is 132 Å². The van der Waals surface area contributed by atoms with Crippen molar-refractivity contribution in [3.63, 3.8) is 0 Å². The van der Waals surface area contributed by atoms with Crippen LogP contribution in [0.4, 0.5) is 4.79 Å². The highest BCUT2D eigenvalue weighted by Gasteiger charge is 2.76. The van der Waals surface area contributed by atoms with E-state index >= 15 is 0 Å². The number of hydrogen-bond donors (Lipinski definition) is 2. The van der Waals surface area contributed by atoms with Crippen molar-refractivity contribution in [3.8, 4) is 11.5 Å². The number of carbonyl (C=O) groups is 4. The third-order valence-electron chi connectivity index (χ3n) is 13.8. The lowest BCUT2D eigenvalue weighted by atomic mass is 9.86. The Morgan fingerprint density at radius 2 is 1.87 bits per heavy atom. The van der Waals surface area contributed by atoms with Gasteiger partial charge in [-0.1, -0.05) is 52.7 Å². The minimum Gasteiger partial charge on any atom is -0.492 e. The van der Waals surface area contributed by atoms with Gasteiger partial charge in [0.15, 0.2) is 0 Å². The zero-order chi connectivity index (χ0) is 44.7. The van der Waals surface area contributed by atoms with Crippen LogP contribution in [0.5, 0.6) is 11.5 Å². The van der Waals surface area contributed by atoms with Crippen LogP contribution in [0.25, 0.3) is 10.9 Å². The molecule has 4 fully saturated rings. The van der Waals surface area contributed by atoms with Crippen LogP contribution in [0.2, 0.25) is 0 Å². The molecule has 6 aliphatic rings. The number of hydrogen-bond acceptors (Lipinski definition) is 12. The van der Waals surface area contributed by atoms with Gasteiger partial charge in [0.05, 0.1) is 42.3 Å². The molecular formula is C46H64N6O10S. The molecule has 0 radical (unpaired) electrons. The van der Waals surface area contributed by atoms with E-state index in [9.17, 15) is 27.6 Å². The van der Waals surface area contributed by atoms with Gasteiger partial charge in [-0.15, -0.1) is 0 Å². The molecule has 63 heavy (non-hydrogen) atoms. The Morgan fingerprint density at radius 3 is 2.60 bits per heavy atom. The molecule has 1 aromatic carbocycles. The maximum Gasteiger partial charge on any atom is 0.407 e. The second kappa shape index (κ2) is 17.8. The Hall–Kier alpha value is -4.48. The van der Waals surface area contributed by atoms with Gasteiger partial charge in [0.25, 0.3) is 5.91 Å². The number of nitrogens with one attached hydrogen (secondary N) is 2. The zero-order valence-corrected chi connectivity index (χ0v) is 38.2. The van der Waals surface area contributed by atoms with Crippen LogP contribution < -0.4 is 20.1 Å². The van der Waals surface area contributed by atoms with Crippen molar-refractivity contribution in [1.29, 1.82) is 0 Å². The molecule has 4 amide bonds. The molecule has 17 heteroatoms. The predicted octanol–water partition coefficient (Wildman–Crippen LogP) is 4.62. The number of carbonyl (C=O) groups excluding carboxylic acids is 4. The van der Waals surface area contributed by atoms with E-state index in [0.29, 0.717) is 63.7 Å². The van der Waals surface area contributed by atoms with Crippen LogP contribution in [0.3, 0.4) is 0 Å². The molecule has 0 bridgehead atoms. The SMILES string of the molecule is CCc1nc2ccc(OCCN3CCOCC3)cc2c2c1O[C@]1(CC2)C[C@H]2C(=O)N[C@@]3(C(=O)N3S(=O)(=O)C3(C)CC3)[C@@H](C)/C=C\CCCCC[C@H](NC(=O)OCC(C)C)C(=O)N2C1. The van der Waals surface area contributed by atoms with Gasteiger partial charge in [-0.3, -0.25) is 19.3 Å². The Kier molecular flexibility index (Phi) is 12.8. The Morgan fingerprint density at radius 1 is 1.10 bits per heavy atom. The second-order valence-corrected chi connectivity index (χ2v) is 21.3. The zero-order valence-electron chi connectivity index (χ0n) is 37.4. The quantitative estimate of drug-likeness (QED) is 0.250. The summed E-state index contributed by atoms with van der Waals surface area (Å²) in [5.41, 5.74) is -0.334. The molecule has 1 aromatic heterocycles. The van der Waals surface area contributed by atoms with E-state index in [-0.39, 0.29) is 25.5 Å². The number of ether oxygens (including phenoxy) is 4. The van der Waals surface area contributed by atoms with Crippen molar-refractivity contribution in [2.24, 2.45) is 11.8 Å². The summed E-state index contributed by atoms with van der Waals surface area (Å²) in [6, 6.07) is 3.75. The van der Waals surface area contributed by atoms with Crippen molar-refractivity contribution < 1.29 is 46.5 Å². The lowest BCUT2D eigenvalue weighted by Gasteiger charge is -2.37. The number of nitrogens with zero attached hydrogens (tertiary/aromatic N) is 4. The summed E-state index contributed by atoms with van der Waals surface area (Å²) in [6.45, 7) is 13.9. The van der Waals surface area contributed by atoms with Gasteiger partial charge in [0.1, 0.15) is 35.8 Å². The number of aryl methyl sites for hydroxylation is 2. The summed E-state index contributed by atoms with van der Waals surface area (Å²) >= 11 is 0. The minimum absolute atomic E-state index is 0.0188. The topological polar surface area (TPSA) is 186 Å². The largest absolute Gasteiger partial charge is 0.492 e. The predicted molar refractivity (Wildman–Crippen MR) is 234 cm³/mol. The van der Waals surface area contributed by atoms with Crippen molar-refractivity contribution in [1.82, 2.24) is 29.7 Å². The third-order valence-corrected chi connectivity index (χ3v) is 16.4. The molecule has 8 rings (SSSR count). The number of pyridine rings is 1. The molecular weight excluding hydrogens is 829 g/mol. The van der Waals surface area contributed by atoms with Crippen molar-refractivity contribution in [2.45, 2.75) is 133 Å². The molecule has 5 atom stereocenters. The smallest absolute Gasteiger partial charge is 0.407 e. The number of benzene rings is 1. The van der Waals surface area contributed by atoms with E-state index in [1.54, 1.807) is 13.8 Å². The van der Waals surface area contributed by atoms with E-state index in [2.05, 4.69) is 15.5 Å². The highest BCUT2D eigenvalue weighted by molar-refractivity contribution is 7.91. The summed E-state index contributed by atoms with van der Waals surface area (Å²) in [4.78, 5) is 65.8. The van der Waals surface area contributed by atoms with Gasteiger partial charge in [0.2, 0.25) is 27.5 Å². The molecule has 0 unspecified atom stereocenters. The maximum atomic E-state index is 15.0. The van der Waals surface area contributed by atoms with Gasteiger partial charge < -0.3 is 34.5 Å². The summed E-state index contributed by atoms with van der Waals surface area (Å²) in [6.07, 6.45) is 8.60. The standard InChI is InChI=1S/C46H64N6O10S/c1-6-35-39-33(34-26-32(14-15-36(34)47-35)60-25-22-50-20-23-59-24-21-50)16-17-45(62-39)27-38-40(53)49-46(42(55)52(46)63(57,58)44(5)18-19-44)31(4)12-10-8-7-9-11-13-37(41(54)51(38)29-45)48-43(56)61-28-30(2)3/h10,12,14-15,26,30-31,37-38H,6-9,11,13,16-25,27-29H2,1-5H3,(H,48,56)(H,49,53)/b12-10-/t31-,37-,38-,45+,46-,52?/m0/s1. The molecule has 3 saturated heterocycles. The first kappa shape index (κ1) is 45.1. The number of morpholine rings is 1. The third kappa shape index (κ3) is 8.85. The average molecular weight is 893 g/mol. The monoisotopic (exact) mass is 892 g/mol. The highest BCUT2D eigenvalue weighted by atomic mass is 32.2. The maximum absolute atomic E-state index is 15.0. The fourth-order valence-electron chi connectivity index (χ4n) is 9.60. The van der Waals surface area contributed by atoms with Crippen LogP contribution >= 0.6 is 0 Å². The molecule has 344 valence electrons. The number of fused-ring (bicyclic) bond motifs is 4. The summed E-state index contributed by atoms with van der Waals surface area (Å²) in [7, 11) is -4.11. The Labute approximate surface area is 370 Å². The molecule has 16 nitrogen and oxygen atoms in total. The lowest BCUT2D eigenvalue weighted by Crippen LogP contribution is -2.57. The van der Waals surface area contributed by atoms with Gasteiger partial charge in [0, 0.05) is 42.9 Å². The minimum atomic E-state index is -4.11. The fourth-order valence-corrected chi connectivity index (χ4v) is 11.6. The highest BCUT2D eigenvalue weighted by Crippen LogP contribution is 2.53. The molecule has 5 aliphatic heterocycles. The fraction of sp³-hybridized carbons (Fsp3) is 0.674. The normalized spacial score (nSPS) is 29.4. The molecule has 1 saturated carbocycles. The van der Waals surface area contributed by atoms with Gasteiger partial charge in [-0.25, -0.2) is 22.5 Å². The summed E-state index contributed by atoms with van der Waals surface area (Å²) < 4.78 is 52.0. The van der Waals surface area contributed by atoms with E-state index < -0.39 is 67.9 Å². The number of sulfonamides is 1. The van der Waals surface area contributed by atoms with Crippen molar-refractivity contribution in [3.05, 3.63) is 41.6 Å². The van der Waals surface area contributed by atoms with Gasteiger partial charge in [-0.2, -0.15) is 0 Å². The van der Waals surface area contributed by atoms with Crippen molar-refractivity contribution >= 4 is 44.7 Å². The molecule has 2 aromatic rings. The number of rotatable bonds is 10. The van der Waals surface area contributed by atoms with Gasteiger partial charge in [-0.05, 0) is 82.4 Å². The molecule has 2 spiro atoms. The van der Waals surface area contributed by atoms with E-state index in [1.165, 1.54) is 4.90 Å². The summed E-state index contributed by atoms with van der Waals surface area (Å²) in [5, 5.41) is 6.64. The molecule has 1 aliphatic carbocycles. The van der Waals surface area contributed by atoms with Crippen molar-refractivity contribution in [2.75, 3.05) is 52.6 Å². The number of allylic oxidation sites excluding steroid dienone is 1. The lowest BCUT2D eigenvalue weighted by molar-refractivity contribution is -0.141. The van der Waals surface area contributed by atoms with Crippen LogP contribution in [0.15, 0.2) is 30.4 Å². The van der Waals surface area contributed by atoms with Gasteiger partial charge >= 0.3 is 6.09 Å². The number of amides is 4. The Bertz CT molecular complexity index is 2240. The first-order valence-corrected chi connectivity index (χ1v) is 24.4. The van der Waals surface area contributed by atoms with Crippen LogP contribution in [-0.2, 0) is 46.7 Å². The van der Waals surface area contributed by atoms with Crippen LogP contribution in [0, 0.1) is 11.8 Å². The second-order valence-electron chi connectivity index (χ2n) is 19.0. The van der Waals surface area contributed by atoms with E-state index in [0.717, 1.165) is 77.9 Å². The molecule has 2 N–H and O–H groups in total. The summed E-state index contributed by atoms with van der Waals surface area (Å²) in [5.74, 6) is -1.10. The van der Waals surface area contributed by atoms with E-state index in [4.69, 9.17) is 23.9 Å². The molecule has 6 heterocycles. The Balaban J connectivity index is 1.12.